The number of para-hydroxylation sites is 1. The predicted octanol–water partition coefficient (Wildman–Crippen LogP) is 3.29. The molecule has 0 saturated heterocycles. The Balaban J connectivity index is 1.70. The molecule has 2 heterocycles. The third kappa shape index (κ3) is 2.95. The molecule has 0 radical (unpaired) electrons. The van der Waals surface area contributed by atoms with Crippen molar-refractivity contribution in [3.05, 3.63) is 70.4 Å². The first kappa shape index (κ1) is 15.7. The van der Waals surface area contributed by atoms with E-state index in [1.54, 1.807) is 18.3 Å². The molecule has 4 rings (SSSR count). The van der Waals surface area contributed by atoms with Gasteiger partial charge in [0.25, 0.3) is 5.69 Å². The zero-order chi connectivity index (χ0) is 18.1. The van der Waals surface area contributed by atoms with Gasteiger partial charge in [-0.25, -0.2) is 9.97 Å². The van der Waals surface area contributed by atoms with Gasteiger partial charge in [-0.15, -0.1) is 0 Å². The van der Waals surface area contributed by atoms with Crippen LogP contribution in [0.5, 0.6) is 0 Å². The molecule has 1 aliphatic heterocycles. The van der Waals surface area contributed by atoms with Gasteiger partial charge >= 0.3 is 0 Å². The lowest BCUT2D eigenvalue weighted by molar-refractivity contribution is -0.384. The molecule has 1 aromatic heterocycles. The number of rotatable bonds is 3. The van der Waals surface area contributed by atoms with Gasteiger partial charge in [-0.1, -0.05) is 18.2 Å². The molecule has 2 aromatic carbocycles. The monoisotopic (exact) mass is 347 g/mol. The van der Waals surface area contributed by atoms with Crippen LogP contribution in [0.15, 0.2) is 54.7 Å². The third-order valence-electron chi connectivity index (χ3n) is 4.01. The van der Waals surface area contributed by atoms with Crippen LogP contribution in [0.2, 0.25) is 0 Å². The topological polar surface area (TPSA) is 110 Å². The molecule has 3 aromatic rings. The van der Waals surface area contributed by atoms with E-state index in [9.17, 15) is 14.9 Å². The number of nitrogens with zero attached hydrogens (tertiary/aromatic N) is 3. The number of nitro benzene ring substituents is 1. The number of anilines is 3. The highest BCUT2D eigenvalue weighted by Crippen LogP contribution is 2.32. The summed E-state index contributed by atoms with van der Waals surface area (Å²) in [4.78, 5) is 31.1. The third-order valence-corrected chi connectivity index (χ3v) is 4.01. The van der Waals surface area contributed by atoms with E-state index in [2.05, 4.69) is 20.6 Å². The maximum absolute atomic E-state index is 12.0. The van der Waals surface area contributed by atoms with Gasteiger partial charge in [0.15, 0.2) is 0 Å². The summed E-state index contributed by atoms with van der Waals surface area (Å²) in [5.74, 6) is 0.234. The van der Waals surface area contributed by atoms with E-state index < -0.39 is 4.92 Å². The number of fused-ring (bicyclic) bond motifs is 3. The lowest BCUT2D eigenvalue weighted by Crippen LogP contribution is -2.12. The molecule has 0 aliphatic carbocycles. The van der Waals surface area contributed by atoms with E-state index in [4.69, 9.17) is 0 Å². The van der Waals surface area contributed by atoms with Crippen molar-refractivity contribution in [2.45, 2.75) is 6.42 Å². The Morgan fingerprint density at radius 1 is 1.12 bits per heavy atom. The summed E-state index contributed by atoms with van der Waals surface area (Å²) < 4.78 is 0. The maximum Gasteiger partial charge on any atom is 0.269 e. The molecular weight excluding hydrogens is 334 g/mol. The van der Waals surface area contributed by atoms with E-state index in [1.165, 1.54) is 12.1 Å². The molecule has 128 valence electrons. The molecule has 8 nitrogen and oxygen atoms in total. The largest absolute Gasteiger partial charge is 0.325 e. The number of carbonyl (C=O) groups excluding carboxylic acids is 1. The fourth-order valence-electron chi connectivity index (χ4n) is 2.79. The fraction of sp³-hybridized carbons (Fsp3) is 0.0556. The maximum atomic E-state index is 12.0. The quantitative estimate of drug-likeness (QED) is 0.556. The molecule has 26 heavy (non-hydrogen) atoms. The number of hydrogen-bond donors (Lipinski definition) is 2. The highest BCUT2D eigenvalue weighted by molar-refractivity contribution is 5.99. The summed E-state index contributed by atoms with van der Waals surface area (Å²) in [6, 6.07) is 13.4. The van der Waals surface area contributed by atoms with Crippen LogP contribution in [0.1, 0.15) is 5.56 Å². The van der Waals surface area contributed by atoms with Crippen LogP contribution in [0, 0.1) is 10.1 Å². The Hall–Kier alpha value is -3.81. The Morgan fingerprint density at radius 3 is 2.65 bits per heavy atom. The first-order chi connectivity index (χ1) is 12.6. The molecule has 8 heteroatoms. The van der Waals surface area contributed by atoms with Crippen molar-refractivity contribution in [3.63, 3.8) is 0 Å². The first-order valence-electron chi connectivity index (χ1n) is 7.87. The average molecular weight is 347 g/mol. The predicted molar refractivity (Wildman–Crippen MR) is 96.2 cm³/mol. The second kappa shape index (κ2) is 6.25. The minimum absolute atomic E-state index is 0.0110. The molecular formula is C18H13N5O3. The molecule has 0 spiro atoms. The highest BCUT2D eigenvalue weighted by Gasteiger charge is 2.20. The molecule has 0 saturated carbocycles. The van der Waals surface area contributed by atoms with Crippen molar-refractivity contribution in [2.75, 3.05) is 10.6 Å². The lowest BCUT2D eigenvalue weighted by atomic mass is 10.1. The summed E-state index contributed by atoms with van der Waals surface area (Å²) in [6.45, 7) is 0. The summed E-state index contributed by atoms with van der Waals surface area (Å²) in [7, 11) is 0. The van der Waals surface area contributed by atoms with Gasteiger partial charge in [0.1, 0.15) is 0 Å². The second-order valence-corrected chi connectivity index (χ2v) is 5.77. The Bertz CT molecular complexity index is 1020. The highest BCUT2D eigenvalue weighted by atomic mass is 16.6. The van der Waals surface area contributed by atoms with Crippen LogP contribution in [0.25, 0.3) is 11.3 Å². The first-order valence-corrected chi connectivity index (χ1v) is 7.87. The number of nitro groups is 1. The zero-order valence-electron chi connectivity index (χ0n) is 13.5. The lowest BCUT2D eigenvalue weighted by Gasteiger charge is -2.10. The molecule has 0 bridgehead atoms. The van der Waals surface area contributed by atoms with Crippen molar-refractivity contribution in [2.24, 2.45) is 0 Å². The molecule has 1 aliphatic rings. The van der Waals surface area contributed by atoms with Crippen LogP contribution in [0.3, 0.4) is 0 Å². The Morgan fingerprint density at radius 2 is 1.88 bits per heavy atom. The molecule has 0 atom stereocenters. The molecule has 2 N–H and O–H groups in total. The van der Waals surface area contributed by atoms with E-state index >= 15 is 0 Å². The van der Waals surface area contributed by atoms with E-state index in [1.807, 2.05) is 24.3 Å². The van der Waals surface area contributed by atoms with Gasteiger partial charge in [-0.3, -0.25) is 14.9 Å². The smallest absolute Gasteiger partial charge is 0.269 e. The summed E-state index contributed by atoms with van der Waals surface area (Å²) in [6.07, 6.45) is 1.82. The van der Waals surface area contributed by atoms with Crippen LogP contribution < -0.4 is 10.6 Å². The van der Waals surface area contributed by atoms with E-state index in [-0.39, 0.29) is 18.0 Å². The van der Waals surface area contributed by atoms with E-state index in [0.29, 0.717) is 23.0 Å². The van der Waals surface area contributed by atoms with Gasteiger partial charge < -0.3 is 10.6 Å². The van der Waals surface area contributed by atoms with Crippen molar-refractivity contribution in [1.82, 2.24) is 9.97 Å². The Labute approximate surface area is 148 Å². The van der Waals surface area contributed by atoms with Gasteiger partial charge in [0.05, 0.1) is 22.7 Å². The second-order valence-electron chi connectivity index (χ2n) is 5.77. The number of amides is 1. The number of non-ortho nitro benzene ring substituents is 1. The average Bonchev–Trinajstić information content (AvgIpc) is 2.77. The van der Waals surface area contributed by atoms with Crippen LogP contribution in [0.4, 0.5) is 23.0 Å². The van der Waals surface area contributed by atoms with Gasteiger partial charge in [-0.05, 0) is 18.2 Å². The van der Waals surface area contributed by atoms with Crippen LogP contribution in [-0.2, 0) is 11.2 Å². The summed E-state index contributed by atoms with van der Waals surface area (Å²) in [5, 5.41) is 16.6. The Kier molecular flexibility index (Phi) is 3.77. The van der Waals surface area contributed by atoms with Crippen molar-refractivity contribution < 1.29 is 9.72 Å². The molecule has 0 unspecified atom stereocenters. The SMILES string of the molecule is O=C1Cc2cnc(Nc3ccc([N+](=O)[O-])cc3)nc2-c2ccccc2N1. The van der Waals surface area contributed by atoms with Crippen molar-refractivity contribution in [1.29, 1.82) is 0 Å². The molecule has 0 fully saturated rings. The molecule has 1 amide bonds. The van der Waals surface area contributed by atoms with Crippen LogP contribution >= 0.6 is 0 Å². The van der Waals surface area contributed by atoms with E-state index in [0.717, 1.165) is 11.1 Å². The van der Waals surface area contributed by atoms with Crippen LogP contribution in [-0.4, -0.2) is 20.8 Å². The number of aromatic nitrogens is 2. The van der Waals surface area contributed by atoms with Gasteiger partial charge in [0, 0.05) is 35.1 Å². The number of carbonyl (C=O) groups is 1. The number of nitrogens with one attached hydrogen (secondary N) is 2. The minimum Gasteiger partial charge on any atom is -0.325 e. The van der Waals surface area contributed by atoms with Gasteiger partial charge in [-0.2, -0.15) is 0 Å². The standard InChI is InChI=1S/C18H13N5O3/c24-16-9-11-10-19-18(20-12-5-7-13(8-6-12)23(25)26)22-17(11)14-3-1-2-4-15(14)21-16/h1-8,10H,9H2,(H,21,24)(H,19,20,22). The summed E-state index contributed by atoms with van der Waals surface area (Å²) in [5.41, 5.74) is 3.59. The number of hydrogen-bond acceptors (Lipinski definition) is 6. The summed E-state index contributed by atoms with van der Waals surface area (Å²) >= 11 is 0. The normalized spacial score (nSPS) is 12.4. The van der Waals surface area contributed by atoms with Crippen molar-refractivity contribution in [3.8, 4) is 11.3 Å². The fourth-order valence-corrected chi connectivity index (χ4v) is 2.79. The zero-order valence-corrected chi connectivity index (χ0v) is 13.5. The minimum atomic E-state index is -0.455. The van der Waals surface area contributed by atoms with Gasteiger partial charge in [0.2, 0.25) is 11.9 Å². The number of benzene rings is 2. The van der Waals surface area contributed by atoms with Crippen molar-refractivity contribution >= 4 is 28.9 Å².